The van der Waals surface area contributed by atoms with Gasteiger partial charge in [0, 0.05) is 12.0 Å². The highest BCUT2D eigenvalue weighted by Crippen LogP contribution is 2.38. The number of azide groups is 1. The molecular weight excluding hydrogens is 252 g/mol. The highest BCUT2D eigenvalue weighted by molar-refractivity contribution is 7.88. The first kappa shape index (κ1) is 12.9. The molecule has 1 aromatic carbocycles. The van der Waals surface area contributed by atoms with Gasteiger partial charge in [-0.2, -0.15) is 4.31 Å². The standard InChI is InChI=1S/C11H14N4O2S/c1-15(18(2,16)17)11-9-6-4-3-5-8(9)7-10(11)13-14-12/h3-6,10-11H,7H2,1-2H3/t10-,11-/m1/s1. The largest absolute Gasteiger partial charge is 0.212 e. The molecule has 0 saturated heterocycles. The third-order valence-electron chi connectivity index (χ3n) is 3.28. The molecule has 0 unspecified atom stereocenters. The summed E-state index contributed by atoms with van der Waals surface area (Å²) in [6, 6.07) is 6.79. The fourth-order valence-corrected chi connectivity index (χ4v) is 3.03. The van der Waals surface area contributed by atoms with Gasteiger partial charge in [-0.1, -0.05) is 29.4 Å². The molecule has 0 aliphatic heterocycles. The Morgan fingerprint density at radius 3 is 2.72 bits per heavy atom. The van der Waals surface area contributed by atoms with Gasteiger partial charge in [-0.15, -0.1) is 0 Å². The SMILES string of the molecule is CN([C@@H]1c2ccccc2C[C@H]1N=[N+]=[N-])S(C)(=O)=O. The molecule has 0 spiro atoms. The van der Waals surface area contributed by atoms with Crippen molar-refractivity contribution < 1.29 is 8.42 Å². The molecular formula is C11H14N4O2S. The van der Waals surface area contributed by atoms with Gasteiger partial charge in [0.1, 0.15) is 0 Å². The smallest absolute Gasteiger partial charge is 0.211 e. The van der Waals surface area contributed by atoms with E-state index in [-0.39, 0.29) is 6.04 Å². The predicted molar refractivity (Wildman–Crippen MR) is 68.4 cm³/mol. The Hall–Kier alpha value is -1.56. The monoisotopic (exact) mass is 266 g/mol. The van der Waals surface area contributed by atoms with Gasteiger partial charge in [0.05, 0.1) is 18.3 Å². The average molecular weight is 266 g/mol. The highest BCUT2D eigenvalue weighted by Gasteiger charge is 2.37. The summed E-state index contributed by atoms with van der Waals surface area (Å²) < 4.78 is 24.6. The number of benzene rings is 1. The molecule has 18 heavy (non-hydrogen) atoms. The zero-order valence-electron chi connectivity index (χ0n) is 10.2. The van der Waals surface area contributed by atoms with Gasteiger partial charge in [-0.3, -0.25) is 0 Å². The second-order valence-corrected chi connectivity index (χ2v) is 6.44. The summed E-state index contributed by atoms with van der Waals surface area (Å²) in [6.07, 6.45) is 1.73. The number of fused-ring (bicyclic) bond motifs is 1. The molecule has 2 rings (SSSR count). The van der Waals surface area contributed by atoms with Crippen molar-refractivity contribution in [1.29, 1.82) is 0 Å². The zero-order chi connectivity index (χ0) is 13.3. The summed E-state index contributed by atoms with van der Waals surface area (Å²) in [5, 5.41) is 3.73. The molecule has 2 atom stereocenters. The Morgan fingerprint density at radius 1 is 1.44 bits per heavy atom. The van der Waals surface area contributed by atoms with Gasteiger partial charge in [0.2, 0.25) is 10.0 Å². The molecule has 0 fully saturated rings. The molecule has 1 aromatic rings. The van der Waals surface area contributed by atoms with Crippen LogP contribution in [-0.2, 0) is 16.4 Å². The molecule has 6 nitrogen and oxygen atoms in total. The van der Waals surface area contributed by atoms with E-state index in [0.29, 0.717) is 6.42 Å². The van der Waals surface area contributed by atoms with Crippen LogP contribution in [0.1, 0.15) is 17.2 Å². The second kappa shape index (κ2) is 4.61. The average Bonchev–Trinajstić information content (AvgIpc) is 2.65. The maximum absolute atomic E-state index is 11.7. The number of rotatable bonds is 3. The Bertz CT molecular complexity index is 607. The van der Waals surface area contributed by atoms with Gasteiger partial charge >= 0.3 is 0 Å². The molecule has 0 aromatic heterocycles. The van der Waals surface area contributed by atoms with E-state index in [9.17, 15) is 8.42 Å². The first-order chi connectivity index (χ1) is 8.45. The van der Waals surface area contributed by atoms with E-state index < -0.39 is 16.1 Å². The summed E-state index contributed by atoms with van der Waals surface area (Å²) >= 11 is 0. The van der Waals surface area contributed by atoms with E-state index >= 15 is 0 Å². The van der Waals surface area contributed by atoms with Crippen molar-refractivity contribution in [3.05, 3.63) is 45.8 Å². The normalized spacial score (nSPS) is 22.6. The molecule has 0 amide bonds. The Kier molecular flexibility index (Phi) is 3.30. The van der Waals surface area contributed by atoms with Crippen LogP contribution in [0.25, 0.3) is 10.4 Å². The first-order valence-electron chi connectivity index (χ1n) is 5.50. The zero-order valence-corrected chi connectivity index (χ0v) is 11.0. The molecule has 1 aliphatic carbocycles. The molecule has 0 heterocycles. The van der Waals surface area contributed by atoms with Crippen LogP contribution < -0.4 is 0 Å². The van der Waals surface area contributed by atoms with Gasteiger partial charge < -0.3 is 0 Å². The fourth-order valence-electron chi connectivity index (χ4n) is 2.37. The van der Waals surface area contributed by atoms with Crippen LogP contribution in [0.2, 0.25) is 0 Å². The number of nitrogens with zero attached hydrogens (tertiary/aromatic N) is 4. The van der Waals surface area contributed by atoms with Crippen LogP contribution in [-0.4, -0.2) is 32.1 Å². The molecule has 0 bridgehead atoms. The van der Waals surface area contributed by atoms with Crippen molar-refractivity contribution >= 4 is 10.0 Å². The topological polar surface area (TPSA) is 86.1 Å². The summed E-state index contributed by atoms with van der Waals surface area (Å²) in [4.78, 5) is 2.82. The van der Waals surface area contributed by atoms with Gasteiger partial charge in [-0.25, -0.2) is 8.42 Å². The van der Waals surface area contributed by atoms with E-state index in [1.165, 1.54) is 11.4 Å². The van der Waals surface area contributed by atoms with Crippen molar-refractivity contribution in [3.63, 3.8) is 0 Å². The summed E-state index contributed by atoms with van der Waals surface area (Å²) in [6.45, 7) is 0. The van der Waals surface area contributed by atoms with Crippen molar-refractivity contribution in [2.24, 2.45) is 5.11 Å². The maximum Gasteiger partial charge on any atom is 0.211 e. The summed E-state index contributed by atoms with van der Waals surface area (Å²) in [7, 11) is -1.81. The predicted octanol–water partition coefficient (Wildman–Crippen LogP) is 1.85. The third-order valence-corrected chi connectivity index (χ3v) is 4.56. The highest BCUT2D eigenvalue weighted by atomic mass is 32.2. The van der Waals surface area contributed by atoms with E-state index in [1.807, 2.05) is 24.3 Å². The van der Waals surface area contributed by atoms with Crippen LogP contribution >= 0.6 is 0 Å². The van der Waals surface area contributed by atoms with Crippen LogP contribution in [0, 0.1) is 0 Å². The quantitative estimate of drug-likeness (QED) is 0.475. The lowest BCUT2D eigenvalue weighted by Gasteiger charge is -2.26. The van der Waals surface area contributed by atoms with Crippen LogP contribution in [0.15, 0.2) is 29.4 Å². The Balaban J connectivity index is 2.50. The minimum Gasteiger partial charge on any atom is -0.212 e. The van der Waals surface area contributed by atoms with Crippen molar-refractivity contribution in [2.75, 3.05) is 13.3 Å². The molecule has 1 aliphatic rings. The fraction of sp³-hybridized carbons (Fsp3) is 0.455. The minimum absolute atomic E-state index is 0.382. The summed E-state index contributed by atoms with van der Waals surface area (Å²) in [5.41, 5.74) is 10.6. The van der Waals surface area contributed by atoms with Crippen LogP contribution in [0.5, 0.6) is 0 Å². The first-order valence-corrected chi connectivity index (χ1v) is 7.35. The Morgan fingerprint density at radius 2 is 2.11 bits per heavy atom. The van der Waals surface area contributed by atoms with Crippen molar-refractivity contribution in [1.82, 2.24) is 4.31 Å². The molecule has 0 saturated carbocycles. The number of likely N-dealkylation sites (N-methyl/N-ethyl adjacent to an activating group) is 1. The van der Waals surface area contributed by atoms with Gasteiger partial charge in [0.25, 0.3) is 0 Å². The van der Waals surface area contributed by atoms with Crippen LogP contribution in [0.3, 0.4) is 0 Å². The van der Waals surface area contributed by atoms with Crippen molar-refractivity contribution in [3.8, 4) is 0 Å². The molecule has 7 heteroatoms. The van der Waals surface area contributed by atoms with Gasteiger partial charge in [-0.05, 0) is 23.1 Å². The molecule has 96 valence electrons. The molecule has 0 radical (unpaired) electrons. The number of hydrogen-bond acceptors (Lipinski definition) is 3. The summed E-state index contributed by atoms with van der Waals surface area (Å²) in [5.74, 6) is 0. The Labute approximate surface area is 106 Å². The van der Waals surface area contributed by atoms with E-state index in [0.717, 1.165) is 17.4 Å². The van der Waals surface area contributed by atoms with E-state index in [4.69, 9.17) is 5.53 Å². The van der Waals surface area contributed by atoms with Gasteiger partial charge in [0.15, 0.2) is 0 Å². The van der Waals surface area contributed by atoms with E-state index in [1.54, 1.807) is 0 Å². The molecule has 0 N–H and O–H groups in total. The lowest BCUT2D eigenvalue weighted by atomic mass is 10.1. The second-order valence-electron chi connectivity index (χ2n) is 4.40. The number of hydrogen-bond donors (Lipinski definition) is 0. The van der Waals surface area contributed by atoms with Crippen LogP contribution in [0.4, 0.5) is 0 Å². The maximum atomic E-state index is 11.7. The lowest BCUT2D eigenvalue weighted by molar-refractivity contribution is 0.345. The third kappa shape index (κ3) is 2.20. The van der Waals surface area contributed by atoms with E-state index in [2.05, 4.69) is 10.0 Å². The number of sulfonamides is 1. The lowest BCUT2D eigenvalue weighted by Crippen LogP contribution is -2.34. The minimum atomic E-state index is -3.33. The van der Waals surface area contributed by atoms with Crippen molar-refractivity contribution in [2.45, 2.75) is 18.5 Å².